The average Bonchev–Trinajstić information content (AvgIpc) is 2.29. The molecule has 0 radical (unpaired) electrons. The molecule has 0 spiro atoms. The number of nitrogens with one attached hydrogen (secondary N) is 1. The van der Waals surface area contributed by atoms with Crippen LogP contribution in [0, 0.1) is 0 Å². The zero-order chi connectivity index (χ0) is 12.0. The third kappa shape index (κ3) is 3.49. The predicted octanol–water partition coefficient (Wildman–Crippen LogP) is 3.61. The molecule has 88 valence electrons. The van der Waals surface area contributed by atoms with Gasteiger partial charge in [-0.1, -0.05) is 44.7 Å². The van der Waals surface area contributed by atoms with Crippen molar-refractivity contribution in [3.63, 3.8) is 0 Å². The first-order chi connectivity index (χ1) is 7.69. The molecule has 0 amide bonds. The molecule has 0 heterocycles. The molecular formula is C15H23N. The minimum Gasteiger partial charge on any atom is -0.320 e. The van der Waals surface area contributed by atoms with Crippen LogP contribution in [-0.4, -0.2) is 13.6 Å². The second-order valence-electron chi connectivity index (χ2n) is 4.52. The maximum atomic E-state index is 3.90. The average molecular weight is 217 g/mol. The van der Waals surface area contributed by atoms with Gasteiger partial charge in [-0.05, 0) is 49.0 Å². The lowest BCUT2D eigenvalue weighted by molar-refractivity contribution is 0.723. The van der Waals surface area contributed by atoms with Crippen molar-refractivity contribution in [2.24, 2.45) is 0 Å². The van der Waals surface area contributed by atoms with E-state index >= 15 is 0 Å². The summed E-state index contributed by atoms with van der Waals surface area (Å²) in [4.78, 5) is 0. The second kappa shape index (κ2) is 6.49. The van der Waals surface area contributed by atoms with Gasteiger partial charge in [0.2, 0.25) is 0 Å². The molecular weight excluding hydrogens is 194 g/mol. The van der Waals surface area contributed by atoms with Gasteiger partial charge in [-0.15, -0.1) is 0 Å². The SMILES string of the molecule is C=Cc1cc(C(C)C)ccc1CCCNC. The molecule has 0 aliphatic carbocycles. The van der Waals surface area contributed by atoms with Crippen LogP contribution in [-0.2, 0) is 6.42 Å². The largest absolute Gasteiger partial charge is 0.320 e. The van der Waals surface area contributed by atoms with E-state index < -0.39 is 0 Å². The van der Waals surface area contributed by atoms with Crippen molar-refractivity contribution in [1.82, 2.24) is 5.32 Å². The zero-order valence-corrected chi connectivity index (χ0v) is 10.7. The monoisotopic (exact) mass is 217 g/mol. The number of aryl methyl sites for hydroxylation is 1. The number of benzene rings is 1. The number of hydrogen-bond acceptors (Lipinski definition) is 1. The highest BCUT2D eigenvalue weighted by molar-refractivity contribution is 5.53. The summed E-state index contributed by atoms with van der Waals surface area (Å²) in [5.41, 5.74) is 4.10. The molecule has 16 heavy (non-hydrogen) atoms. The van der Waals surface area contributed by atoms with Crippen LogP contribution in [0.2, 0.25) is 0 Å². The van der Waals surface area contributed by atoms with E-state index in [1.54, 1.807) is 0 Å². The van der Waals surface area contributed by atoms with Crippen molar-refractivity contribution < 1.29 is 0 Å². The summed E-state index contributed by atoms with van der Waals surface area (Å²) in [6.07, 6.45) is 4.28. The van der Waals surface area contributed by atoms with E-state index in [2.05, 4.69) is 43.9 Å². The fraction of sp³-hybridized carbons (Fsp3) is 0.467. The van der Waals surface area contributed by atoms with Gasteiger partial charge in [0.15, 0.2) is 0 Å². The van der Waals surface area contributed by atoms with Crippen molar-refractivity contribution in [1.29, 1.82) is 0 Å². The molecule has 0 aliphatic heterocycles. The number of rotatable bonds is 6. The summed E-state index contributed by atoms with van der Waals surface area (Å²) in [6, 6.07) is 6.76. The molecule has 1 nitrogen and oxygen atoms in total. The van der Waals surface area contributed by atoms with Gasteiger partial charge in [-0.25, -0.2) is 0 Å². The summed E-state index contributed by atoms with van der Waals surface area (Å²) in [6.45, 7) is 9.43. The molecule has 0 fully saturated rings. The van der Waals surface area contributed by atoms with Crippen molar-refractivity contribution in [3.05, 3.63) is 41.5 Å². The van der Waals surface area contributed by atoms with Crippen LogP contribution in [0.4, 0.5) is 0 Å². The quantitative estimate of drug-likeness (QED) is 0.718. The highest BCUT2D eigenvalue weighted by Gasteiger charge is 2.03. The maximum absolute atomic E-state index is 3.90. The summed E-state index contributed by atoms with van der Waals surface area (Å²) in [5.74, 6) is 0.588. The predicted molar refractivity (Wildman–Crippen MR) is 72.9 cm³/mol. The standard InChI is InChI=1S/C15H23N/c1-5-13-11-15(12(2)3)9-8-14(13)7-6-10-16-4/h5,8-9,11-12,16H,1,6-7,10H2,2-4H3. The third-order valence-electron chi connectivity index (χ3n) is 2.93. The Morgan fingerprint density at radius 3 is 2.69 bits per heavy atom. The van der Waals surface area contributed by atoms with Gasteiger partial charge >= 0.3 is 0 Å². The summed E-state index contributed by atoms with van der Waals surface area (Å²) < 4.78 is 0. The van der Waals surface area contributed by atoms with E-state index in [0.29, 0.717) is 5.92 Å². The molecule has 0 saturated heterocycles. The molecule has 0 aromatic heterocycles. The first-order valence-electron chi connectivity index (χ1n) is 6.09. The van der Waals surface area contributed by atoms with Gasteiger partial charge in [-0.2, -0.15) is 0 Å². The van der Waals surface area contributed by atoms with Crippen molar-refractivity contribution in [3.8, 4) is 0 Å². The van der Waals surface area contributed by atoms with E-state index in [1.165, 1.54) is 23.1 Å². The fourth-order valence-corrected chi connectivity index (χ4v) is 1.85. The van der Waals surface area contributed by atoms with Gasteiger partial charge in [0, 0.05) is 0 Å². The Hall–Kier alpha value is -1.08. The van der Waals surface area contributed by atoms with Crippen LogP contribution in [0.3, 0.4) is 0 Å². The zero-order valence-electron chi connectivity index (χ0n) is 10.7. The molecule has 0 unspecified atom stereocenters. The molecule has 0 saturated carbocycles. The lowest BCUT2D eigenvalue weighted by Gasteiger charge is -2.11. The summed E-state index contributed by atoms with van der Waals surface area (Å²) in [5, 5.41) is 3.18. The Morgan fingerprint density at radius 2 is 2.12 bits per heavy atom. The smallest absolute Gasteiger partial charge is 0.00487 e. The molecule has 0 atom stereocenters. The number of hydrogen-bond donors (Lipinski definition) is 1. The molecule has 0 aliphatic rings. The van der Waals surface area contributed by atoms with E-state index in [0.717, 1.165) is 13.0 Å². The minimum absolute atomic E-state index is 0.588. The first kappa shape index (κ1) is 13.0. The Bertz CT molecular complexity index is 339. The maximum Gasteiger partial charge on any atom is -0.00487 e. The van der Waals surface area contributed by atoms with Gasteiger partial charge in [0.25, 0.3) is 0 Å². The van der Waals surface area contributed by atoms with Crippen LogP contribution in [0.25, 0.3) is 6.08 Å². The summed E-state index contributed by atoms with van der Waals surface area (Å²) in [7, 11) is 2.00. The lowest BCUT2D eigenvalue weighted by Crippen LogP contribution is -2.08. The first-order valence-corrected chi connectivity index (χ1v) is 6.09. The van der Waals surface area contributed by atoms with E-state index in [1.807, 2.05) is 13.1 Å². The highest BCUT2D eigenvalue weighted by Crippen LogP contribution is 2.20. The molecule has 1 aromatic carbocycles. The Morgan fingerprint density at radius 1 is 1.38 bits per heavy atom. The molecule has 1 N–H and O–H groups in total. The van der Waals surface area contributed by atoms with Crippen molar-refractivity contribution in [2.75, 3.05) is 13.6 Å². The summed E-state index contributed by atoms with van der Waals surface area (Å²) >= 11 is 0. The minimum atomic E-state index is 0.588. The topological polar surface area (TPSA) is 12.0 Å². The Labute approximate surface area is 99.6 Å². The highest BCUT2D eigenvalue weighted by atomic mass is 14.8. The van der Waals surface area contributed by atoms with Crippen LogP contribution < -0.4 is 5.32 Å². The second-order valence-corrected chi connectivity index (χ2v) is 4.52. The van der Waals surface area contributed by atoms with Crippen molar-refractivity contribution >= 4 is 6.08 Å². The van der Waals surface area contributed by atoms with Gasteiger partial charge in [0.05, 0.1) is 0 Å². The van der Waals surface area contributed by atoms with Crippen LogP contribution >= 0.6 is 0 Å². The van der Waals surface area contributed by atoms with E-state index in [4.69, 9.17) is 0 Å². The normalized spacial score (nSPS) is 10.8. The third-order valence-corrected chi connectivity index (χ3v) is 2.93. The van der Waals surface area contributed by atoms with Gasteiger partial charge < -0.3 is 5.32 Å². The molecule has 1 rings (SSSR count). The molecule has 0 bridgehead atoms. The van der Waals surface area contributed by atoms with Crippen LogP contribution in [0.1, 0.15) is 42.9 Å². The molecule has 1 heteroatoms. The fourth-order valence-electron chi connectivity index (χ4n) is 1.85. The van der Waals surface area contributed by atoms with Crippen LogP contribution in [0.15, 0.2) is 24.8 Å². The van der Waals surface area contributed by atoms with Gasteiger partial charge in [-0.3, -0.25) is 0 Å². The lowest BCUT2D eigenvalue weighted by atomic mass is 9.95. The van der Waals surface area contributed by atoms with E-state index in [-0.39, 0.29) is 0 Å². The Balaban J connectivity index is 2.80. The van der Waals surface area contributed by atoms with Crippen LogP contribution in [0.5, 0.6) is 0 Å². The van der Waals surface area contributed by atoms with E-state index in [9.17, 15) is 0 Å². The molecule has 1 aromatic rings. The van der Waals surface area contributed by atoms with Crippen molar-refractivity contribution in [2.45, 2.75) is 32.6 Å². The van der Waals surface area contributed by atoms with Gasteiger partial charge in [0.1, 0.15) is 0 Å². The Kier molecular flexibility index (Phi) is 5.27.